The van der Waals surface area contributed by atoms with Gasteiger partial charge in [-0.25, -0.2) is 0 Å². The SMILES string of the molecule is CC(C)C=N/C=C\O. The Morgan fingerprint density at radius 3 is 2.50 bits per heavy atom. The van der Waals surface area contributed by atoms with Crippen LogP contribution in [0.25, 0.3) is 0 Å². The molecule has 0 aliphatic carbocycles. The Morgan fingerprint density at radius 2 is 2.12 bits per heavy atom. The predicted octanol–water partition coefficient (Wildman–Crippen LogP) is 1.74. The van der Waals surface area contributed by atoms with Crippen molar-refractivity contribution in [1.29, 1.82) is 0 Å². The van der Waals surface area contributed by atoms with Crippen LogP contribution in [0.4, 0.5) is 0 Å². The van der Waals surface area contributed by atoms with Crippen LogP contribution in [-0.2, 0) is 0 Å². The van der Waals surface area contributed by atoms with E-state index in [-0.39, 0.29) is 0 Å². The van der Waals surface area contributed by atoms with E-state index in [1.165, 1.54) is 6.20 Å². The molecule has 2 nitrogen and oxygen atoms in total. The third kappa shape index (κ3) is 5.21. The van der Waals surface area contributed by atoms with Gasteiger partial charge in [0, 0.05) is 6.21 Å². The average molecular weight is 113 g/mol. The highest BCUT2D eigenvalue weighted by molar-refractivity contribution is 5.60. The second-order valence-corrected chi connectivity index (χ2v) is 1.84. The molecule has 0 aliphatic rings. The molecule has 0 atom stereocenters. The normalized spacial score (nSPS) is 12.4. The van der Waals surface area contributed by atoms with Crippen molar-refractivity contribution in [3.8, 4) is 0 Å². The van der Waals surface area contributed by atoms with Crippen LogP contribution in [0.1, 0.15) is 13.8 Å². The summed E-state index contributed by atoms with van der Waals surface area (Å²) in [4.78, 5) is 3.73. The molecule has 0 aromatic heterocycles. The lowest BCUT2D eigenvalue weighted by atomic mass is 10.3. The summed E-state index contributed by atoms with van der Waals surface area (Å²) >= 11 is 0. The van der Waals surface area contributed by atoms with Gasteiger partial charge in [-0.15, -0.1) is 0 Å². The number of rotatable bonds is 2. The Hall–Kier alpha value is -0.790. The van der Waals surface area contributed by atoms with Gasteiger partial charge in [0.15, 0.2) is 0 Å². The third-order valence-electron chi connectivity index (χ3n) is 0.537. The van der Waals surface area contributed by atoms with E-state index in [1.807, 2.05) is 13.8 Å². The maximum Gasteiger partial charge on any atom is 0.0974 e. The van der Waals surface area contributed by atoms with Crippen molar-refractivity contribution in [2.45, 2.75) is 13.8 Å². The molecule has 1 N–H and O–H groups in total. The van der Waals surface area contributed by atoms with Gasteiger partial charge in [0.2, 0.25) is 0 Å². The summed E-state index contributed by atoms with van der Waals surface area (Å²) in [5.74, 6) is 0.450. The fourth-order valence-corrected chi connectivity index (χ4v) is 0.260. The van der Waals surface area contributed by atoms with E-state index in [2.05, 4.69) is 4.99 Å². The minimum absolute atomic E-state index is 0.450. The van der Waals surface area contributed by atoms with Crippen LogP contribution in [0, 0.1) is 5.92 Å². The molecule has 2 heteroatoms. The van der Waals surface area contributed by atoms with Gasteiger partial charge in [-0.05, 0) is 5.92 Å². The number of nitrogens with zero attached hydrogens (tertiary/aromatic N) is 1. The molecule has 0 saturated carbocycles. The van der Waals surface area contributed by atoms with E-state index in [9.17, 15) is 0 Å². The maximum absolute atomic E-state index is 8.08. The molecule has 0 rings (SSSR count). The van der Waals surface area contributed by atoms with E-state index in [1.54, 1.807) is 6.21 Å². The zero-order valence-corrected chi connectivity index (χ0v) is 5.20. The first-order chi connectivity index (χ1) is 3.77. The van der Waals surface area contributed by atoms with Crippen molar-refractivity contribution in [3.63, 3.8) is 0 Å². The van der Waals surface area contributed by atoms with Crippen molar-refractivity contribution in [1.82, 2.24) is 0 Å². The van der Waals surface area contributed by atoms with Crippen LogP contribution in [0.5, 0.6) is 0 Å². The molecule has 0 fully saturated rings. The highest BCUT2D eigenvalue weighted by Gasteiger charge is 1.79. The summed E-state index contributed by atoms with van der Waals surface area (Å²) < 4.78 is 0. The lowest BCUT2D eigenvalue weighted by Crippen LogP contribution is -1.84. The second kappa shape index (κ2) is 4.37. The van der Waals surface area contributed by atoms with Gasteiger partial charge in [0.1, 0.15) is 0 Å². The van der Waals surface area contributed by atoms with E-state index < -0.39 is 0 Å². The Balaban J connectivity index is 3.34. The molecule has 0 aliphatic heterocycles. The number of hydrogen-bond donors (Lipinski definition) is 1. The van der Waals surface area contributed by atoms with Crippen LogP contribution < -0.4 is 0 Å². The lowest BCUT2D eigenvalue weighted by molar-refractivity contribution is 0.472. The average Bonchev–Trinajstić information content (AvgIpc) is 1.66. The molecule has 0 aromatic carbocycles. The van der Waals surface area contributed by atoms with Crippen LogP contribution in [0.2, 0.25) is 0 Å². The summed E-state index contributed by atoms with van der Waals surface area (Å²) in [6, 6.07) is 0. The quantitative estimate of drug-likeness (QED) is 0.429. The van der Waals surface area contributed by atoms with Gasteiger partial charge < -0.3 is 5.11 Å². The first-order valence-corrected chi connectivity index (χ1v) is 2.60. The fraction of sp³-hybridized carbons (Fsp3) is 0.500. The monoisotopic (exact) mass is 113 g/mol. The zero-order valence-electron chi connectivity index (χ0n) is 5.20. The van der Waals surface area contributed by atoms with Crippen molar-refractivity contribution in [3.05, 3.63) is 12.5 Å². The number of aliphatic hydroxyl groups excluding tert-OH is 1. The number of aliphatic hydroxyl groups is 1. The summed E-state index contributed by atoms with van der Waals surface area (Å²) in [6.07, 6.45) is 4.02. The molecular formula is C6H11NO. The second-order valence-electron chi connectivity index (χ2n) is 1.84. The van der Waals surface area contributed by atoms with E-state index in [0.29, 0.717) is 5.92 Å². The number of aliphatic imine (C=N–C) groups is 1. The number of hydrogen-bond acceptors (Lipinski definition) is 2. The first-order valence-electron chi connectivity index (χ1n) is 2.60. The van der Waals surface area contributed by atoms with E-state index in [0.717, 1.165) is 6.26 Å². The molecular weight excluding hydrogens is 102 g/mol. The topological polar surface area (TPSA) is 32.6 Å². The molecule has 0 bridgehead atoms. The largest absolute Gasteiger partial charge is 0.514 e. The van der Waals surface area contributed by atoms with Crippen molar-refractivity contribution >= 4 is 6.21 Å². The summed E-state index contributed by atoms with van der Waals surface area (Å²) in [5, 5.41) is 8.08. The molecule has 0 heterocycles. The Labute approximate surface area is 49.6 Å². The molecule has 46 valence electrons. The van der Waals surface area contributed by atoms with Crippen molar-refractivity contribution in [2.75, 3.05) is 0 Å². The van der Waals surface area contributed by atoms with Crippen molar-refractivity contribution < 1.29 is 5.11 Å². The maximum atomic E-state index is 8.08. The summed E-state index contributed by atoms with van der Waals surface area (Å²) in [7, 11) is 0. The molecule has 8 heavy (non-hydrogen) atoms. The van der Waals surface area contributed by atoms with Crippen molar-refractivity contribution in [2.24, 2.45) is 10.9 Å². The van der Waals surface area contributed by atoms with Gasteiger partial charge in [0.05, 0.1) is 12.5 Å². The smallest absolute Gasteiger partial charge is 0.0974 e. The standard InChI is InChI=1S/C6H11NO/c1-6(2)5-7-3-4-8/h3-6,8H,1-2H3/b4-3-,7-5?. The van der Waals surface area contributed by atoms with Gasteiger partial charge in [-0.3, -0.25) is 4.99 Å². The van der Waals surface area contributed by atoms with Crippen LogP contribution in [0.3, 0.4) is 0 Å². The van der Waals surface area contributed by atoms with Gasteiger partial charge in [-0.1, -0.05) is 13.8 Å². The minimum Gasteiger partial charge on any atom is -0.514 e. The van der Waals surface area contributed by atoms with E-state index in [4.69, 9.17) is 5.11 Å². The van der Waals surface area contributed by atoms with Gasteiger partial charge in [-0.2, -0.15) is 0 Å². The van der Waals surface area contributed by atoms with Crippen LogP contribution >= 0.6 is 0 Å². The first kappa shape index (κ1) is 7.21. The molecule has 0 amide bonds. The van der Waals surface area contributed by atoms with Crippen LogP contribution in [-0.4, -0.2) is 11.3 Å². The van der Waals surface area contributed by atoms with E-state index >= 15 is 0 Å². The predicted molar refractivity (Wildman–Crippen MR) is 35.1 cm³/mol. The summed E-state index contributed by atoms with van der Waals surface area (Å²) in [5.41, 5.74) is 0. The van der Waals surface area contributed by atoms with Gasteiger partial charge >= 0.3 is 0 Å². The molecule has 0 saturated heterocycles. The Kier molecular flexibility index (Phi) is 3.94. The summed E-state index contributed by atoms with van der Waals surface area (Å²) in [6.45, 7) is 4.05. The Bertz CT molecular complexity index is 94.7. The highest BCUT2D eigenvalue weighted by Crippen LogP contribution is 1.84. The molecule has 0 radical (unpaired) electrons. The molecule has 0 spiro atoms. The molecule has 0 unspecified atom stereocenters. The van der Waals surface area contributed by atoms with Gasteiger partial charge in [0.25, 0.3) is 0 Å². The fourth-order valence-electron chi connectivity index (χ4n) is 0.260. The molecule has 0 aromatic rings. The Morgan fingerprint density at radius 1 is 1.50 bits per heavy atom. The third-order valence-corrected chi connectivity index (χ3v) is 0.537. The van der Waals surface area contributed by atoms with Crippen LogP contribution in [0.15, 0.2) is 17.5 Å². The minimum atomic E-state index is 0.450. The highest BCUT2D eigenvalue weighted by atomic mass is 16.2. The lowest BCUT2D eigenvalue weighted by Gasteiger charge is -1.86. The zero-order chi connectivity index (χ0) is 6.41.